The number of aromatic amines is 1. The molecule has 134 valence electrons. The molecule has 1 amide bonds. The van der Waals surface area contributed by atoms with Crippen molar-refractivity contribution in [3.05, 3.63) is 60.0 Å². The molecule has 2 aromatic carbocycles. The Morgan fingerprint density at radius 2 is 2.04 bits per heavy atom. The largest absolute Gasteiger partial charge is 0.493 e. The Bertz CT molecular complexity index is 907. The number of nitrogens with zero attached hydrogens (tertiary/aromatic N) is 2. The Morgan fingerprint density at radius 3 is 2.88 bits per heavy atom. The van der Waals surface area contributed by atoms with Gasteiger partial charge in [-0.2, -0.15) is 5.10 Å². The molecule has 26 heavy (non-hydrogen) atoms. The summed E-state index contributed by atoms with van der Waals surface area (Å²) in [7, 11) is 0. The standard InChI is InChI=1S/C20H20FN3O2/c21-15-7-9-16(10-8-15)26-13-14-4-3-11-24(12-14)20(25)19-17-5-1-2-6-18(17)22-23-19/h1-2,5-10,14H,3-4,11-13H2,(H,22,23)/t14-/m1/s1. The number of rotatable bonds is 4. The normalized spacial score (nSPS) is 17.4. The molecule has 6 heteroatoms. The number of nitrogens with one attached hydrogen (secondary N) is 1. The third-order valence-electron chi connectivity index (χ3n) is 4.78. The van der Waals surface area contributed by atoms with Crippen LogP contribution in [0.3, 0.4) is 0 Å². The van der Waals surface area contributed by atoms with E-state index in [0.29, 0.717) is 24.6 Å². The molecule has 0 saturated carbocycles. The fraction of sp³-hybridized carbons (Fsp3) is 0.300. The van der Waals surface area contributed by atoms with Crippen LogP contribution in [0.15, 0.2) is 48.5 Å². The van der Waals surface area contributed by atoms with Gasteiger partial charge in [0.05, 0.1) is 12.1 Å². The minimum absolute atomic E-state index is 0.0473. The van der Waals surface area contributed by atoms with Crippen LogP contribution in [-0.2, 0) is 0 Å². The van der Waals surface area contributed by atoms with E-state index < -0.39 is 0 Å². The van der Waals surface area contributed by atoms with E-state index in [1.54, 1.807) is 12.1 Å². The minimum Gasteiger partial charge on any atom is -0.493 e. The molecular formula is C20H20FN3O2. The first-order valence-electron chi connectivity index (χ1n) is 8.81. The summed E-state index contributed by atoms with van der Waals surface area (Å²) in [6.45, 7) is 1.88. The second-order valence-electron chi connectivity index (χ2n) is 6.64. The van der Waals surface area contributed by atoms with E-state index in [1.807, 2.05) is 29.2 Å². The van der Waals surface area contributed by atoms with Crippen LogP contribution in [0, 0.1) is 11.7 Å². The fourth-order valence-electron chi connectivity index (χ4n) is 3.41. The molecule has 1 N–H and O–H groups in total. The Morgan fingerprint density at radius 1 is 1.23 bits per heavy atom. The summed E-state index contributed by atoms with van der Waals surface area (Å²) in [5.41, 5.74) is 1.34. The Hall–Kier alpha value is -2.89. The number of hydrogen-bond acceptors (Lipinski definition) is 3. The molecule has 1 atom stereocenters. The number of benzene rings is 2. The Balaban J connectivity index is 1.41. The van der Waals surface area contributed by atoms with Gasteiger partial charge >= 0.3 is 0 Å². The van der Waals surface area contributed by atoms with Gasteiger partial charge in [0.15, 0.2) is 5.69 Å². The Kier molecular flexibility index (Phi) is 4.56. The number of aromatic nitrogens is 2. The summed E-state index contributed by atoms with van der Waals surface area (Å²) >= 11 is 0. The molecule has 4 rings (SSSR count). The second kappa shape index (κ2) is 7.15. The van der Waals surface area contributed by atoms with Crippen LogP contribution in [0.2, 0.25) is 0 Å². The minimum atomic E-state index is -0.280. The van der Waals surface area contributed by atoms with Gasteiger partial charge in [-0.3, -0.25) is 9.89 Å². The van der Waals surface area contributed by atoms with Crippen LogP contribution >= 0.6 is 0 Å². The smallest absolute Gasteiger partial charge is 0.275 e. The SMILES string of the molecule is O=C(c1n[nH]c2ccccc12)N1CCC[C@@H](COc2ccc(F)cc2)C1. The zero-order valence-electron chi connectivity index (χ0n) is 14.3. The van der Waals surface area contributed by atoms with Crippen LogP contribution in [0.5, 0.6) is 5.75 Å². The van der Waals surface area contributed by atoms with Crippen molar-refractivity contribution in [1.82, 2.24) is 15.1 Å². The van der Waals surface area contributed by atoms with E-state index in [1.165, 1.54) is 12.1 Å². The van der Waals surface area contributed by atoms with E-state index in [2.05, 4.69) is 10.2 Å². The van der Waals surface area contributed by atoms with Gasteiger partial charge in [-0.25, -0.2) is 4.39 Å². The number of hydrogen-bond donors (Lipinski definition) is 1. The van der Waals surface area contributed by atoms with Crippen LogP contribution in [-0.4, -0.2) is 40.7 Å². The summed E-state index contributed by atoms with van der Waals surface area (Å²) in [5, 5.41) is 7.98. The van der Waals surface area contributed by atoms with E-state index in [0.717, 1.165) is 30.3 Å². The number of piperidine rings is 1. The lowest BCUT2D eigenvalue weighted by molar-refractivity contribution is 0.0629. The molecule has 5 nitrogen and oxygen atoms in total. The van der Waals surface area contributed by atoms with Gasteiger partial charge < -0.3 is 9.64 Å². The molecule has 0 unspecified atom stereocenters. The predicted octanol–water partition coefficient (Wildman–Crippen LogP) is 3.63. The van der Waals surface area contributed by atoms with Crippen molar-refractivity contribution in [2.24, 2.45) is 5.92 Å². The third kappa shape index (κ3) is 3.40. The van der Waals surface area contributed by atoms with Gasteiger partial charge in [-0.05, 0) is 43.2 Å². The third-order valence-corrected chi connectivity index (χ3v) is 4.78. The number of ether oxygens (including phenoxy) is 1. The molecule has 0 bridgehead atoms. The monoisotopic (exact) mass is 353 g/mol. The molecule has 0 aliphatic carbocycles. The van der Waals surface area contributed by atoms with Crippen molar-refractivity contribution in [3.63, 3.8) is 0 Å². The summed E-state index contributed by atoms with van der Waals surface area (Å²) in [5.74, 6) is 0.572. The molecule has 3 aromatic rings. The molecule has 0 spiro atoms. The lowest BCUT2D eigenvalue weighted by Gasteiger charge is -2.32. The van der Waals surface area contributed by atoms with Gasteiger partial charge in [0.25, 0.3) is 5.91 Å². The summed E-state index contributed by atoms with van der Waals surface area (Å²) in [4.78, 5) is 14.7. The maximum absolute atomic E-state index is 13.0. The summed E-state index contributed by atoms with van der Waals surface area (Å²) in [6, 6.07) is 13.7. The topological polar surface area (TPSA) is 58.2 Å². The first kappa shape index (κ1) is 16.6. The average molecular weight is 353 g/mol. The molecule has 1 saturated heterocycles. The molecule has 1 fully saturated rings. The highest BCUT2D eigenvalue weighted by Gasteiger charge is 2.27. The number of likely N-dealkylation sites (tertiary alicyclic amines) is 1. The number of para-hydroxylation sites is 1. The average Bonchev–Trinajstić information content (AvgIpc) is 3.11. The fourth-order valence-corrected chi connectivity index (χ4v) is 3.41. The van der Waals surface area contributed by atoms with Crippen LogP contribution in [0.1, 0.15) is 23.3 Å². The highest BCUT2D eigenvalue weighted by molar-refractivity contribution is 6.04. The van der Waals surface area contributed by atoms with Crippen LogP contribution in [0.4, 0.5) is 4.39 Å². The Labute approximate surface area is 150 Å². The molecule has 1 aromatic heterocycles. The van der Waals surface area contributed by atoms with Gasteiger partial charge in [-0.15, -0.1) is 0 Å². The number of halogens is 1. The zero-order chi connectivity index (χ0) is 17.9. The van der Waals surface area contributed by atoms with E-state index >= 15 is 0 Å². The highest BCUT2D eigenvalue weighted by atomic mass is 19.1. The van der Waals surface area contributed by atoms with Gasteiger partial charge in [0.2, 0.25) is 0 Å². The first-order chi connectivity index (χ1) is 12.7. The molecule has 0 radical (unpaired) electrons. The van der Waals surface area contributed by atoms with Crippen molar-refractivity contribution in [1.29, 1.82) is 0 Å². The number of amides is 1. The molecular weight excluding hydrogens is 333 g/mol. The van der Waals surface area contributed by atoms with E-state index in [-0.39, 0.29) is 17.6 Å². The molecule has 2 heterocycles. The van der Waals surface area contributed by atoms with Gasteiger partial charge in [0, 0.05) is 24.4 Å². The lowest BCUT2D eigenvalue weighted by Crippen LogP contribution is -2.41. The quantitative estimate of drug-likeness (QED) is 0.779. The van der Waals surface area contributed by atoms with E-state index in [9.17, 15) is 9.18 Å². The van der Waals surface area contributed by atoms with Crippen LogP contribution in [0.25, 0.3) is 10.9 Å². The number of carbonyl (C=O) groups excluding carboxylic acids is 1. The van der Waals surface area contributed by atoms with Gasteiger partial charge in [0.1, 0.15) is 11.6 Å². The first-order valence-corrected chi connectivity index (χ1v) is 8.81. The van der Waals surface area contributed by atoms with E-state index in [4.69, 9.17) is 4.74 Å². The van der Waals surface area contributed by atoms with Crippen molar-refractivity contribution < 1.29 is 13.9 Å². The number of fused-ring (bicyclic) bond motifs is 1. The van der Waals surface area contributed by atoms with Gasteiger partial charge in [-0.1, -0.05) is 18.2 Å². The van der Waals surface area contributed by atoms with Crippen molar-refractivity contribution in [2.45, 2.75) is 12.8 Å². The maximum atomic E-state index is 13.0. The summed E-state index contributed by atoms with van der Waals surface area (Å²) in [6.07, 6.45) is 1.94. The van der Waals surface area contributed by atoms with Crippen molar-refractivity contribution >= 4 is 16.8 Å². The number of H-pyrrole nitrogens is 1. The van der Waals surface area contributed by atoms with Crippen LogP contribution < -0.4 is 4.74 Å². The number of carbonyl (C=O) groups is 1. The summed E-state index contributed by atoms with van der Waals surface area (Å²) < 4.78 is 18.7. The molecule has 1 aliphatic rings. The van der Waals surface area contributed by atoms with Crippen molar-refractivity contribution in [2.75, 3.05) is 19.7 Å². The second-order valence-corrected chi connectivity index (χ2v) is 6.64. The molecule has 1 aliphatic heterocycles. The predicted molar refractivity (Wildman–Crippen MR) is 96.6 cm³/mol. The zero-order valence-corrected chi connectivity index (χ0v) is 14.3. The lowest BCUT2D eigenvalue weighted by atomic mass is 9.98. The maximum Gasteiger partial charge on any atom is 0.275 e. The van der Waals surface area contributed by atoms with Crippen molar-refractivity contribution in [3.8, 4) is 5.75 Å². The highest BCUT2D eigenvalue weighted by Crippen LogP contribution is 2.23.